The van der Waals surface area contributed by atoms with Gasteiger partial charge in [0, 0.05) is 30.7 Å². The standard InChI is InChI=1S/C19H20N4O2/c1-23-13-12-20-18(23)17(15-10-6-7-11-16(15)25-2)22-19(24)21-14-8-4-3-5-9-14/h3-13,17H,1-2H3,(H2,21,22,24)/t17-/m1/s1. The number of aromatic nitrogens is 2. The number of carbonyl (C=O) groups is 1. The van der Waals surface area contributed by atoms with E-state index in [4.69, 9.17) is 4.74 Å². The maximum Gasteiger partial charge on any atom is 0.320 e. The minimum atomic E-state index is -0.445. The van der Waals surface area contributed by atoms with E-state index in [9.17, 15) is 4.79 Å². The second-order valence-corrected chi connectivity index (χ2v) is 5.54. The molecule has 0 bridgehead atoms. The molecule has 0 unspecified atom stereocenters. The van der Waals surface area contributed by atoms with Crippen LogP contribution in [0.5, 0.6) is 5.75 Å². The Balaban J connectivity index is 1.90. The van der Waals surface area contributed by atoms with Crippen molar-refractivity contribution in [3.05, 3.63) is 78.4 Å². The fourth-order valence-electron chi connectivity index (χ4n) is 2.66. The van der Waals surface area contributed by atoms with Gasteiger partial charge in [0.1, 0.15) is 17.6 Å². The van der Waals surface area contributed by atoms with Crippen molar-refractivity contribution < 1.29 is 9.53 Å². The zero-order valence-corrected chi connectivity index (χ0v) is 14.1. The first-order valence-electron chi connectivity index (χ1n) is 7.91. The van der Waals surface area contributed by atoms with Crippen LogP contribution in [0.15, 0.2) is 67.0 Å². The lowest BCUT2D eigenvalue weighted by Gasteiger charge is -2.21. The average molecular weight is 336 g/mol. The van der Waals surface area contributed by atoms with E-state index in [0.29, 0.717) is 11.6 Å². The van der Waals surface area contributed by atoms with Crippen LogP contribution in [0.1, 0.15) is 17.4 Å². The lowest BCUT2D eigenvalue weighted by molar-refractivity contribution is 0.249. The first kappa shape index (κ1) is 16.6. The topological polar surface area (TPSA) is 68.2 Å². The van der Waals surface area contributed by atoms with Crippen molar-refractivity contribution in [3.8, 4) is 5.75 Å². The van der Waals surface area contributed by atoms with Gasteiger partial charge in [-0.3, -0.25) is 0 Å². The monoisotopic (exact) mass is 336 g/mol. The number of ether oxygens (including phenoxy) is 1. The van der Waals surface area contributed by atoms with E-state index in [-0.39, 0.29) is 6.03 Å². The summed E-state index contributed by atoms with van der Waals surface area (Å²) in [6.45, 7) is 0. The van der Waals surface area contributed by atoms with E-state index in [1.165, 1.54) is 0 Å². The van der Waals surface area contributed by atoms with Gasteiger partial charge in [-0.25, -0.2) is 9.78 Å². The van der Waals surface area contributed by atoms with Crippen molar-refractivity contribution in [1.82, 2.24) is 14.9 Å². The molecular formula is C19H20N4O2. The fourth-order valence-corrected chi connectivity index (χ4v) is 2.66. The molecule has 0 aliphatic carbocycles. The number of amides is 2. The predicted molar refractivity (Wildman–Crippen MR) is 96.6 cm³/mol. The van der Waals surface area contributed by atoms with E-state index in [2.05, 4.69) is 15.6 Å². The van der Waals surface area contributed by atoms with Crippen molar-refractivity contribution in [3.63, 3.8) is 0 Å². The Kier molecular flexibility index (Phi) is 4.99. The van der Waals surface area contributed by atoms with Crippen LogP contribution >= 0.6 is 0 Å². The molecule has 2 N–H and O–H groups in total. The van der Waals surface area contributed by atoms with Gasteiger partial charge in [-0.1, -0.05) is 36.4 Å². The van der Waals surface area contributed by atoms with Crippen LogP contribution in [-0.2, 0) is 7.05 Å². The van der Waals surface area contributed by atoms with E-state index >= 15 is 0 Å². The van der Waals surface area contributed by atoms with Crippen molar-refractivity contribution >= 4 is 11.7 Å². The Bertz CT molecular complexity index is 845. The summed E-state index contributed by atoms with van der Waals surface area (Å²) in [6, 6.07) is 16.1. The minimum absolute atomic E-state index is 0.315. The Morgan fingerprint density at radius 3 is 2.52 bits per heavy atom. The molecule has 128 valence electrons. The zero-order valence-electron chi connectivity index (χ0n) is 14.1. The van der Waals surface area contributed by atoms with Crippen LogP contribution in [-0.4, -0.2) is 22.7 Å². The third-order valence-corrected chi connectivity index (χ3v) is 3.87. The summed E-state index contributed by atoms with van der Waals surface area (Å²) < 4.78 is 7.33. The first-order valence-corrected chi connectivity index (χ1v) is 7.91. The normalized spacial score (nSPS) is 11.6. The summed E-state index contributed by atoms with van der Waals surface area (Å²) in [7, 11) is 3.50. The van der Waals surface area contributed by atoms with Gasteiger partial charge >= 0.3 is 6.03 Å². The number of aryl methyl sites for hydroxylation is 1. The molecule has 6 nitrogen and oxygen atoms in total. The maximum absolute atomic E-state index is 12.5. The van der Waals surface area contributed by atoms with E-state index < -0.39 is 6.04 Å². The fraction of sp³-hybridized carbons (Fsp3) is 0.158. The lowest BCUT2D eigenvalue weighted by Crippen LogP contribution is -2.34. The number of urea groups is 1. The Hall–Kier alpha value is -3.28. The third kappa shape index (κ3) is 3.80. The van der Waals surface area contributed by atoms with Crippen molar-refractivity contribution in [1.29, 1.82) is 0 Å². The molecule has 0 radical (unpaired) electrons. The Labute approximate surface area is 146 Å². The maximum atomic E-state index is 12.5. The Morgan fingerprint density at radius 2 is 1.84 bits per heavy atom. The summed E-state index contributed by atoms with van der Waals surface area (Å²) in [4.78, 5) is 16.9. The van der Waals surface area contributed by atoms with Crippen LogP contribution in [0.2, 0.25) is 0 Å². The third-order valence-electron chi connectivity index (χ3n) is 3.87. The number of carbonyl (C=O) groups excluding carboxylic acids is 1. The molecule has 1 aromatic heterocycles. The van der Waals surface area contributed by atoms with Crippen LogP contribution < -0.4 is 15.4 Å². The SMILES string of the molecule is COc1ccccc1[C@@H](NC(=O)Nc1ccccc1)c1nccn1C. The van der Waals surface area contributed by atoms with E-state index in [0.717, 1.165) is 11.3 Å². The molecule has 6 heteroatoms. The number of hydrogen-bond acceptors (Lipinski definition) is 3. The highest BCUT2D eigenvalue weighted by molar-refractivity contribution is 5.89. The number of imidazole rings is 1. The number of methoxy groups -OCH3 is 1. The first-order chi connectivity index (χ1) is 12.2. The molecule has 2 amide bonds. The van der Waals surface area contributed by atoms with Crippen molar-refractivity contribution in [2.45, 2.75) is 6.04 Å². The summed E-state index contributed by atoms with van der Waals surface area (Å²) in [6.07, 6.45) is 3.54. The summed E-state index contributed by atoms with van der Waals surface area (Å²) >= 11 is 0. The van der Waals surface area contributed by atoms with E-state index in [1.54, 1.807) is 13.3 Å². The molecule has 0 saturated carbocycles. The molecular weight excluding hydrogens is 316 g/mol. The highest BCUT2D eigenvalue weighted by Gasteiger charge is 2.23. The van der Waals surface area contributed by atoms with Gasteiger partial charge in [-0.05, 0) is 18.2 Å². The van der Waals surface area contributed by atoms with Crippen LogP contribution in [0.3, 0.4) is 0 Å². The summed E-state index contributed by atoms with van der Waals surface area (Å²) in [5, 5.41) is 5.82. The van der Waals surface area contributed by atoms with Gasteiger partial charge in [0.2, 0.25) is 0 Å². The summed E-state index contributed by atoms with van der Waals surface area (Å²) in [5.74, 6) is 1.41. The number of hydrogen-bond donors (Lipinski definition) is 2. The number of nitrogens with one attached hydrogen (secondary N) is 2. The summed E-state index contributed by atoms with van der Waals surface area (Å²) in [5.41, 5.74) is 1.56. The number of para-hydroxylation sites is 2. The molecule has 2 aromatic carbocycles. The van der Waals surface area contributed by atoms with Gasteiger partial charge in [0.15, 0.2) is 0 Å². The highest BCUT2D eigenvalue weighted by atomic mass is 16.5. The van der Waals surface area contributed by atoms with Crippen molar-refractivity contribution in [2.75, 3.05) is 12.4 Å². The molecule has 0 aliphatic rings. The molecule has 0 saturated heterocycles. The smallest absolute Gasteiger partial charge is 0.320 e. The highest BCUT2D eigenvalue weighted by Crippen LogP contribution is 2.29. The van der Waals surface area contributed by atoms with Gasteiger partial charge in [0.25, 0.3) is 0 Å². The average Bonchev–Trinajstić information content (AvgIpc) is 3.06. The lowest BCUT2D eigenvalue weighted by atomic mass is 10.0. The Morgan fingerprint density at radius 1 is 1.12 bits per heavy atom. The molecule has 1 atom stereocenters. The largest absolute Gasteiger partial charge is 0.496 e. The molecule has 3 aromatic rings. The molecule has 25 heavy (non-hydrogen) atoms. The van der Waals surface area contributed by atoms with Gasteiger partial charge in [-0.15, -0.1) is 0 Å². The minimum Gasteiger partial charge on any atom is -0.496 e. The second kappa shape index (κ2) is 7.53. The second-order valence-electron chi connectivity index (χ2n) is 5.54. The molecule has 3 rings (SSSR count). The number of benzene rings is 2. The quantitative estimate of drug-likeness (QED) is 0.751. The number of nitrogens with zero attached hydrogens (tertiary/aromatic N) is 2. The van der Waals surface area contributed by atoms with Gasteiger partial charge in [0.05, 0.1) is 7.11 Å². The van der Waals surface area contributed by atoms with Gasteiger partial charge < -0.3 is 19.9 Å². The molecule has 0 fully saturated rings. The number of rotatable bonds is 5. The molecule has 1 heterocycles. The molecule has 0 spiro atoms. The van der Waals surface area contributed by atoms with Crippen LogP contribution in [0.4, 0.5) is 10.5 Å². The van der Waals surface area contributed by atoms with Crippen molar-refractivity contribution in [2.24, 2.45) is 7.05 Å². The van der Waals surface area contributed by atoms with Crippen LogP contribution in [0, 0.1) is 0 Å². The zero-order chi connectivity index (χ0) is 17.6. The van der Waals surface area contributed by atoms with E-state index in [1.807, 2.05) is 72.4 Å². The van der Waals surface area contributed by atoms with Gasteiger partial charge in [-0.2, -0.15) is 0 Å². The number of anilines is 1. The van der Waals surface area contributed by atoms with Crippen LogP contribution in [0.25, 0.3) is 0 Å². The predicted octanol–water partition coefficient (Wildman–Crippen LogP) is 3.34. The molecule has 0 aliphatic heterocycles.